The molecule has 1 saturated carbocycles. The molecule has 1 atom stereocenters. The molecule has 4 nitrogen and oxygen atoms in total. The molecule has 0 saturated heterocycles. The maximum absolute atomic E-state index is 14.7. The first kappa shape index (κ1) is 26.6. The predicted molar refractivity (Wildman–Crippen MR) is 145 cm³/mol. The molecule has 0 heterocycles. The molecule has 3 aromatic carbocycles. The van der Waals surface area contributed by atoms with Gasteiger partial charge in [0.1, 0.15) is 11.9 Å². The third-order valence-electron chi connectivity index (χ3n) is 7.27. The van der Waals surface area contributed by atoms with Crippen LogP contribution in [0.1, 0.15) is 60.8 Å². The van der Waals surface area contributed by atoms with Crippen molar-refractivity contribution in [3.8, 4) is 0 Å². The zero-order valence-corrected chi connectivity index (χ0v) is 21.7. The highest BCUT2D eigenvalue weighted by atomic mass is 19.1. The first-order chi connectivity index (χ1) is 18.0. The van der Waals surface area contributed by atoms with Gasteiger partial charge in [0, 0.05) is 31.0 Å². The minimum atomic E-state index is -0.727. The van der Waals surface area contributed by atoms with Crippen LogP contribution >= 0.6 is 0 Å². The van der Waals surface area contributed by atoms with Crippen LogP contribution in [0.3, 0.4) is 0 Å². The molecule has 2 amide bonds. The first-order valence-electron chi connectivity index (χ1n) is 13.4. The lowest BCUT2D eigenvalue weighted by Gasteiger charge is -2.33. The van der Waals surface area contributed by atoms with Crippen LogP contribution in [0.4, 0.5) is 4.39 Å². The summed E-state index contributed by atoms with van der Waals surface area (Å²) in [7, 11) is 0. The van der Waals surface area contributed by atoms with Crippen LogP contribution in [0.2, 0.25) is 0 Å². The van der Waals surface area contributed by atoms with E-state index in [9.17, 15) is 14.0 Å². The molecule has 194 valence electrons. The normalized spacial score (nSPS) is 14.6. The summed E-state index contributed by atoms with van der Waals surface area (Å²) in [6.45, 7) is 2.08. The van der Waals surface area contributed by atoms with Crippen molar-refractivity contribution in [2.45, 2.75) is 76.9 Å². The molecule has 1 N–H and O–H groups in total. The molecule has 0 spiro atoms. The summed E-state index contributed by atoms with van der Waals surface area (Å²) in [6.07, 6.45) is 6.50. The van der Waals surface area contributed by atoms with Crippen LogP contribution in [0.15, 0.2) is 78.9 Å². The fourth-order valence-corrected chi connectivity index (χ4v) is 5.06. The van der Waals surface area contributed by atoms with Gasteiger partial charge in [-0.25, -0.2) is 4.39 Å². The van der Waals surface area contributed by atoms with E-state index in [1.807, 2.05) is 61.5 Å². The molecule has 3 aromatic rings. The Morgan fingerprint density at radius 1 is 0.892 bits per heavy atom. The summed E-state index contributed by atoms with van der Waals surface area (Å²) in [6, 6.07) is 23.8. The number of amides is 2. The summed E-state index contributed by atoms with van der Waals surface area (Å²) < 4.78 is 14.7. The number of rotatable bonds is 10. The van der Waals surface area contributed by atoms with Crippen molar-refractivity contribution in [3.05, 3.63) is 107 Å². The molecule has 1 aliphatic carbocycles. The Labute approximate surface area is 219 Å². The number of hydrogen-bond acceptors (Lipinski definition) is 2. The number of nitrogens with one attached hydrogen (secondary N) is 1. The molecular formula is C32H37FN2O2. The summed E-state index contributed by atoms with van der Waals surface area (Å²) in [5.74, 6) is -0.677. The van der Waals surface area contributed by atoms with E-state index in [0.717, 1.165) is 36.8 Å². The van der Waals surface area contributed by atoms with Crippen LogP contribution in [0, 0.1) is 12.7 Å². The molecule has 0 aromatic heterocycles. The van der Waals surface area contributed by atoms with Gasteiger partial charge in [-0.1, -0.05) is 97.6 Å². The van der Waals surface area contributed by atoms with Gasteiger partial charge in [-0.15, -0.1) is 0 Å². The third kappa shape index (κ3) is 7.75. The maximum atomic E-state index is 14.7. The topological polar surface area (TPSA) is 49.4 Å². The molecule has 37 heavy (non-hydrogen) atoms. The highest BCUT2D eigenvalue weighted by Crippen LogP contribution is 2.21. The summed E-state index contributed by atoms with van der Waals surface area (Å²) in [5, 5.41) is 3.23. The average molecular weight is 501 g/mol. The fourth-order valence-electron chi connectivity index (χ4n) is 5.06. The van der Waals surface area contributed by atoms with E-state index in [1.165, 1.54) is 18.1 Å². The summed E-state index contributed by atoms with van der Waals surface area (Å²) in [4.78, 5) is 29.1. The van der Waals surface area contributed by atoms with E-state index in [0.29, 0.717) is 18.4 Å². The van der Waals surface area contributed by atoms with Crippen molar-refractivity contribution in [1.82, 2.24) is 10.2 Å². The second-order valence-corrected chi connectivity index (χ2v) is 10.1. The molecule has 5 heteroatoms. The van der Waals surface area contributed by atoms with Gasteiger partial charge in [-0.2, -0.15) is 0 Å². The Kier molecular flexibility index (Phi) is 9.47. The maximum Gasteiger partial charge on any atom is 0.243 e. The van der Waals surface area contributed by atoms with Gasteiger partial charge in [0.25, 0.3) is 0 Å². The Morgan fingerprint density at radius 2 is 1.57 bits per heavy atom. The zero-order chi connectivity index (χ0) is 26.0. The quantitative estimate of drug-likeness (QED) is 0.363. The second kappa shape index (κ2) is 13.2. The number of aryl methyl sites for hydroxylation is 2. The Morgan fingerprint density at radius 3 is 2.27 bits per heavy atom. The van der Waals surface area contributed by atoms with Crippen LogP contribution in [0.5, 0.6) is 0 Å². The van der Waals surface area contributed by atoms with E-state index in [4.69, 9.17) is 0 Å². The van der Waals surface area contributed by atoms with Crippen LogP contribution in [-0.2, 0) is 29.0 Å². The highest BCUT2D eigenvalue weighted by Gasteiger charge is 2.32. The molecule has 0 bridgehead atoms. The number of carbonyl (C=O) groups excluding carboxylic acids is 2. The van der Waals surface area contributed by atoms with Crippen molar-refractivity contribution in [2.75, 3.05) is 0 Å². The minimum absolute atomic E-state index is 0.0506. The number of halogens is 1. The summed E-state index contributed by atoms with van der Waals surface area (Å²) in [5.41, 5.74) is 3.61. The number of carbonyl (C=O) groups is 2. The third-order valence-corrected chi connectivity index (χ3v) is 7.27. The molecule has 0 radical (unpaired) electrons. The number of nitrogens with zero attached hydrogens (tertiary/aromatic N) is 1. The lowest BCUT2D eigenvalue weighted by atomic mass is 9.94. The summed E-state index contributed by atoms with van der Waals surface area (Å²) >= 11 is 0. The van der Waals surface area contributed by atoms with E-state index in [-0.39, 0.29) is 36.6 Å². The van der Waals surface area contributed by atoms with Gasteiger partial charge < -0.3 is 10.2 Å². The van der Waals surface area contributed by atoms with Crippen molar-refractivity contribution in [1.29, 1.82) is 0 Å². The van der Waals surface area contributed by atoms with E-state index in [1.54, 1.807) is 23.1 Å². The van der Waals surface area contributed by atoms with Crippen molar-refractivity contribution in [2.24, 2.45) is 0 Å². The van der Waals surface area contributed by atoms with Crippen molar-refractivity contribution < 1.29 is 14.0 Å². The van der Waals surface area contributed by atoms with Gasteiger partial charge in [0.15, 0.2) is 0 Å². The molecule has 1 fully saturated rings. The molecule has 1 unspecified atom stereocenters. The zero-order valence-electron chi connectivity index (χ0n) is 21.7. The predicted octanol–water partition coefficient (Wildman–Crippen LogP) is 6.16. The lowest BCUT2D eigenvalue weighted by Crippen LogP contribution is -2.53. The van der Waals surface area contributed by atoms with E-state index >= 15 is 0 Å². The number of benzene rings is 3. The van der Waals surface area contributed by atoms with Crippen LogP contribution in [-0.4, -0.2) is 28.8 Å². The molecule has 0 aliphatic heterocycles. The average Bonchev–Trinajstić information content (AvgIpc) is 2.92. The standard InChI is InChI=1S/C32H37FN2O2/c1-24-16-18-25(19-17-24)20-21-31(36)35(23-27-12-8-9-15-29(27)33)30(22-26-10-4-2-5-11-26)32(37)34-28-13-6-3-7-14-28/h2,4-5,8-12,15-19,28,30H,3,6-7,13-14,20-23H2,1H3,(H,34,37). The van der Waals surface area contributed by atoms with Gasteiger partial charge in [0.05, 0.1) is 0 Å². The SMILES string of the molecule is Cc1ccc(CCC(=O)N(Cc2ccccc2F)C(Cc2ccccc2)C(=O)NC2CCCCC2)cc1. The highest BCUT2D eigenvalue weighted by molar-refractivity contribution is 5.88. The van der Waals surface area contributed by atoms with E-state index < -0.39 is 6.04 Å². The van der Waals surface area contributed by atoms with Gasteiger partial charge >= 0.3 is 0 Å². The van der Waals surface area contributed by atoms with Gasteiger partial charge in [0.2, 0.25) is 11.8 Å². The van der Waals surface area contributed by atoms with Crippen LogP contribution < -0.4 is 5.32 Å². The lowest BCUT2D eigenvalue weighted by molar-refractivity contribution is -0.141. The largest absolute Gasteiger partial charge is 0.352 e. The second-order valence-electron chi connectivity index (χ2n) is 10.1. The smallest absolute Gasteiger partial charge is 0.243 e. The molecular weight excluding hydrogens is 463 g/mol. The van der Waals surface area contributed by atoms with Crippen molar-refractivity contribution >= 4 is 11.8 Å². The monoisotopic (exact) mass is 500 g/mol. The first-order valence-corrected chi connectivity index (χ1v) is 13.4. The molecule has 4 rings (SSSR count). The fraction of sp³-hybridized carbons (Fsp3) is 0.375. The Balaban J connectivity index is 1.61. The minimum Gasteiger partial charge on any atom is -0.352 e. The number of hydrogen-bond donors (Lipinski definition) is 1. The Bertz CT molecular complexity index is 1160. The van der Waals surface area contributed by atoms with Gasteiger partial charge in [-0.05, 0) is 43.4 Å². The van der Waals surface area contributed by atoms with Crippen molar-refractivity contribution in [3.63, 3.8) is 0 Å². The Hall–Kier alpha value is -3.47. The van der Waals surface area contributed by atoms with Gasteiger partial charge in [-0.3, -0.25) is 9.59 Å². The molecule has 1 aliphatic rings. The van der Waals surface area contributed by atoms with Crippen LogP contribution in [0.25, 0.3) is 0 Å². The van der Waals surface area contributed by atoms with E-state index in [2.05, 4.69) is 5.32 Å².